The third-order valence-corrected chi connectivity index (χ3v) is 5.64. The zero-order valence-corrected chi connectivity index (χ0v) is 17.7. The highest BCUT2D eigenvalue weighted by atomic mass is 35.5. The lowest BCUT2D eigenvalue weighted by atomic mass is 10.1. The van der Waals surface area contributed by atoms with Crippen LogP contribution in [0.4, 0.5) is 10.5 Å². The van der Waals surface area contributed by atoms with Crippen LogP contribution in [-0.4, -0.2) is 52.9 Å². The summed E-state index contributed by atoms with van der Waals surface area (Å²) in [5, 5.41) is 6.34. The van der Waals surface area contributed by atoms with Gasteiger partial charge in [-0.3, -0.25) is 4.79 Å². The molecule has 1 aromatic heterocycles. The number of thiazole rings is 1. The molecule has 0 spiro atoms. The van der Waals surface area contributed by atoms with Crippen LogP contribution in [-0.2, 0) is 6.42 Å². The number of urea groups is 1. The first kappa shape index (κ1) is 20.6. The Bertz CT molecular complexity index is 822. The number of hydrogen-bond acceptors (Lipinski definition) is 4. The number of hydrogen-bond donors (Lipinski definition) is 1. The van der Waals surface area contributed by atoms with Gasteiger partial charge in [0.2, 0.25) is 0 Å². The zero-order chi connectivity index (χ0) is 20.1. The minimum absolute atomic E-state index is 0.0498. The summed E-state index contributed by atoms with van der Waals surface area (Å²) in [6, 6.07) is 6.85. The fraction of sp³-hybridized carbons (Fsp3) is 0.450. The molecule has 0 atom stereocenters. The van der Waals surface area contributed by atoms with Gasteiger partial charge in [0.25, 0.3) is 5.91 Å². The largest absolute Gasteiger partial charge is 0.335 e. The Kier molecular flexibility index (Phi) is 6.91. The Morgan fingerprint density at radius 2 is 1.82 bits per heavy atom. The van der Waals surface area contributed by atoms with E-state index in [9.17, 15) is 9.59 Å². The van der Waals surface area contributed by atoms with Gasteiger partial charge in [0, 0.05) is 48.7 Å². The van der Waals surface area contributed by atoms with Crippen molar-refractivity contribution in [2.24, 2.45) is 5.92 Å². The summed E-state index contributed by atoms with van der Waals surface area (Å²) in [4.78, 5) is 33.4. The molecule has 0 bridgehead atoms. The maximum Gasteiger partial charge on any atom is 0.321 e. The third kappa shape index (κ3) is 5.45. The highest BCUT2D eigenvalue weighted by Crippen LogP contribution is 2.17. The van der Waals surface area contributed by atoms with Gasteiger partial charge >= 0.3 is 6.03 Å². The van der Waals surface area contributed by atoms with Crippen molar-refractivity contribution in [1.82, 2.24) is 14.8 Å². The van der Waals surface area contributed by atoms with Crippen LogP contribution in [0.25, 0.3) is 0 Å². The Morgan fingerprint density at radius 3 is 2.54 bits per heavy atom. The van der Waals surface area contributed by atoms with Crippen molar-refractivity contribution in [3.63, 3.8) is 0 Å². The second-order valence-corrected chi connectivity index (χ2v) is 8.67. The molecule has 1 fully saturated rings. The molecule has 150 valence electrons. The van der Waals surface area contributed by atoms with E-state index in [2.05, 4.69) is 24.1 Å². The predicted molar refractivity (Wildman–Crippen MR) is 113 cm³/mol. The summed E-state index contributed by atoms with van der Waals surface area (Å²) in [7, 11) is 0. The van der Waals surface area contributed by atoms with Gasteiger partial charge in [0.15, 0.2) is 0 Å². The molecule has 1 aromatic carbocycles. The number of carbonyl (C=O) groups is 2. The number of benzene rings is 1. The van der Waals surface area contributed by atoms with Crippen LogP contribution in [0.5, 0.6) is 0 Å². The molecule has 3 amide bonds. The summed E-state index contributed by atoms with van der Waals surface area (Å²) < 4.78 is 0. The van der Waals surface area contributed by atoms with Gasteiger partial charge in [-0.2, -0.15) is 0 Å². The number of anilines is 1. The SMILES string of the molecule is CC(C)Cc1nc(C(=O)N2CCCN(C(=O)Nc3ccc(Cl)cc3)CC2)cs1. The topological polar surface area (TPSA) is 65.5 Å². The van der Waals surface area contributed by atoms with E-state index < -0.39 is 0 Å². The first-order chi connectivity index (χ1) is 13.4. The molecular weight excluding hydrogens is 396 g/mol. The lowest BCUT2D eigenvalue weighted by Crippen LogP contribution is -2.39. The molecule has 28 heavy (non-hydrogen) atoms. The maximum absolute atomic E-state index is 12.8. The third-order valence-electron chi connectivity index (χ3n) is 4.52. The Hall–Kier alpha value is -2.12. The lowest BCUT2D eigenvalue weighted by Gasteiger charge is -2.22. The molecule has 1 N–H and O–H groups in total. The molecule has 0 unspecified atom stereocenters. The van der Waals surface area contributed by atoms with Crippen LogP contribution in [0.3, 0.4) is 0 Å². The van der Waals surface area contributed by atoms with Gasteiger partial charge in [0.05, 0.1) is 5.01 Å². The van der Waals surface area contributed by atoms with Gasteiger partial charge in [-0.1, -0.05) is 25.4 Å². The average Bonchev–Trinajstić information content (AvgIpc) is 2.97. The van der Waals surface area contributed by atoms with Crippen molar-refractivity contribution < 1.29 is 9.59 Å². The number of aromatic nitrogens is 1. The van der Waals surface area contributed by atoms with E-state index in [0.717, 1.165) is 17.8 Å². The molecule has 1 saturated heterocycles. The highest BCUT2D eigenvalue weighted by Gasteiger charge is 2.24. The second kappa shape index (κ2) is 9.39. The van der Waals surface area contributed by atoms with Gasteiger partial charge in [-0.15, -0.1) is 11.3 Å². The van der Waals surface area contributed by atoms with E-state index in [-0.39, 0.29) is 11.9 Å². The van der Waals surface area contributed by atoms with Crippen molar-refractivity contribution in [3.8, 4) is 0 Å². The zero-order valence-electron chi connectivity index (χ0n) is 16.2. The predicted octanol–water partition coefficient (Wildman–Crippen LogP) is 4.38. The molecular formula is C20H25ClN4O2S. The molecule has 1 aliphatic rings. The maximum atomic E-state index is 12.8. The second-order valence-electron chi connectivity index (χ2n) is 7.29. The van der Waals surface area contributed by atoms with E-state index in [1.807, 2.05) is 5.38 Å². The number of rotatable bonds is 4. The van der Waals surface area contributed by atoms with Gasteiger partial charge in [-0.05, 0) is 36.6 Å². The number of nitrogens with one attached hydrogen (secondary N) is 1. The molecule has 0 aliphatic carbocycles. The fourth-order valence-corrected chi connectivity index (χ4v) is 4.18. The molecule has 3 rings (SSSR count). The van der Waals surface area contributed by atoms with Gasteiger partial charge in [-0.25, -0.2) is 9.78 Å². The Morgan fingerprint density at radius 1 is 1.14 bits per heavy atom. The van der Waals surface area contributed by atoms with E-state index in [1.54, 1.807) is 45.4 Å². The smallest absolute Gasteiger partial charge is 0.321 e. The van der Waals surface area contributed by atoms with Crippen LogP contribution < -0.4 is 5.32 Å². The van der Waals surface area contributed by atoms with Crippen LogP contribution in [0.2, 0.25) is 5.02 Å². The molecule has 6 nitrogen and oxygen atoms in total. The van der Waals surface area contributed by atoms with E-state index in [0.29, 0.717) is 48.5 Å². The average molecular weight is 421 g/mol. The minimum atomic E-state index is -0.163. The monoisotopic (exact) mass is 420 g/mol. The number of nitrogens with zero attached hydrogens (tertiary/aromatic N) is 3. The van der Waals surface area contributed by atoms with E-state index in [4.69, 9.17) is 11.6 Å². The summed E-state index contributed by atoms with van der Waals surface area (Å²) in [5.41, 5.74) is 1.21. The fourth-order valence-electron chi connectivity index (χ4n) is 3.07. The quantitative estimate of drug-likeness (QED) is 0.798. The van der Waals surface area contributed by atoms with Gasteiger partial charge in [0.1, 0.15) is 5.69 Å². The van der Waals surface area contributed by atoms with Crippen LogP contribution in [0, 0.1) is 5.92 Å². The molecule has 8 heteroatoms. The molecule has 2 aromatic rings. The summed E-state index contributed by atoms with van der Waals surface area (Å²) in [6.45, 7) is 6.51. The first-order valence-corrected chi connectivity index (χ1v) is 10.7. The van der Waals surface area contributed by atoms with E-state index >= 15 is 0 Å². The van der Waals surface area contributed by atoms with Crippen molar-refractivity contribution >= 4 is 40.6 Å². The molecule has 0 radical (unpaired) electrons. The van der Waals surface area contributed by atoms with E-state index in [1.165, 1.54) is 0 Å². The first-order valence-electron chi connectivity index (χ1n) is 9.47. The van der Waals surface area contributed by atoms with Crippen molar-refractivity contribution in [2.45, 2.75) is 26.7 Å². The van der Waals surface area contributed by atoms with Crippen LogP contribution in [0.15, 0.2) is 29.6 Å². The van der Waals surface area contributed by atoms with Crippen LogP contribution in [0.1, 0.15) is 35.8 Å². The highest BCUT2D eigenvalue weighted by molar-refractivity contribution is 7.09. The number of halogens is 1. The Labute approximate surface area is 174 Å². The number of amides is 3. The van der Waals surface area contributed by atoms with Crippen molar-refractivity contribution in [2.75, 3.05) is 31.5 Å². The van der Waals surface area contributed by atoms with Crippen molar-refractivity contribution in [3.05, 3.63) is 45.4 Å². The lowest BCUT2D eigenvalue weighted by molar-refractivity contribution is 0.0757. The Balaban J connectivity index is 1.56. The molecule has 1 aliphatic heterocycles. The number of carbonyl (C=O) groups excluding carboxylic acids is 2. The normalized spacial score (nSPS) is 14.9. The van der Waals surface area contributed by atoms with Crippen LogP contribution >= 0.6 is 22.9 Å². The summed E-state index contributed by atoms with van der Waals surface area (Å²) in [5.74, 6) is 0.464. The summed E-state index contributed by atoms with van der Waals surface area (Å²) >= 11 is 7.42. The van der Waals surface area contributed by atoms with Crippen molar-refractivity contribution in [1.29, 1.82) is 0 Å². The molecule has 0 saturated carbocycles. The summed E-state index contributed by atoms with van der Waals surface area (Å²) in [6.07, 6.45) is 1.62. The standard InChI is InChI=1S/C20H25ClN4O2S/c1-14(2)12-18-23-17(13-28-18)19(26)24-8-3-9-25(11-10-24)20(27)22-16-6-4-15(21)5-7-16/h4-7,13-14H,3,8-12H2,1-2H3,(H,22,27). The molecule has 2 heterocycles. The minimum Gasteiger partial charge on any atom is -0.335 e. The van der Waals surface area contributed by atoms with Gasteiger partial charge < -0.3 is 15.1 Å².